The van der Waals surface area contributed by atoms with Crippen molar-refractivity contribution in [2.75, 3.05) is 26.1 Å². The zero-order chi connectivity index (χ0) is 21.9. The normalized spacial score (nSPS) is 11.4. The molecule has 0 spiro atoms. The fourth-order valence-electron chi connectivity index (χ4n) is 2.42. The number of nitrogens with one attached hydrogen (secondary N) is 2. The number of amides is 2. The Bertz CT molecular complexity index is 911. The second-order valence-corrected chi connectivity index (χ2v) is 6.20. The molecule has 0 fully saturated rings. The summed E-state index contributed by atoms with van der Waals surface area (Å²) in [4.78, 5) is 36.1. The van der Waals surface area contributed by atoms with Gasteiger partial charge < -0.3 is 24.8 Å². The fraction of sp³-hybridized carbons (Fsp3) is 0.227. The van der Waals surface area contributed by atoms with E-state index in [0.717, 1.165) is 5.56 Å². The third-order valence-corrected chi connectivity index (χ3v) is 3.97. The predicted molar refractivity (Wildman–Crippen MR) is 112 cm³/mol. The summed E-state index contributed by atoms with van der Waals surface area (Å²) in [6.45, 7) is 0.957. The van der Waals surface area contributed by atoms with Gasteiger partial charge in [0.2, 0.25) is 5.91 Å². The van der Waals surface area contributed by atoms with Gasteiger partial charge in [0.05, 0.1) is 19.9 Å². The van der Waals surface area contributed by atoms with Crippen LogP contribution in [0, 0.1) is 0 Å². The van der Waals surface area contributed by atoms with Gasteiger partial charge in [-0.05, 0) is 30.7 Å². The van der Waals surface area contributed by atoms with Gasteiger partial charge in [-0.15, -0.1) is 0 Å². The molecule has 158 valence electrons. The first-order valence-electron chi connectivity index (χ1n) is 9.15. The predicted octanol–water partition coefficient (Wildman–Crippen LogP) is 2.40. The highest BCUT2D eigenvalue weighted by atomic mass is 16.5. The monoisotopic (exact) mass is 412 g/mol. The summed E-state index contributed by atoms with van der Waals surface area (Å²) in [6.07, 6.45) is 2.95. The van der Waals surface area contributed by atoms with E-state index in [1.54, 1.807) is 24.3 Å². The maximum Gasteiger partial charge on any atom is 0.328 e. The van der Waals surface area contributed by atoms with Gasteiger partial charge in [0, 0.05) is 12.1 Å². The smallest absolute Gasteiger partial charge is 0.328 e. The van der Waals surface area contributed by atoms with Crippen LogP contribution in [0.5, 0.6) is 11.5 Å². The Kier molecular flexibility index (Phi) is 8.43. The molecule has 0 unspecified atom stereocenters. The minimum atomic E-state index is -0.919. The molecule has 0 saturated carbocycles. The van der Waals surface area contributed by atoms with Crippen LogP contribution in [0.2, 0.25) is 0 Å². The number of anilines is 1. The maximum atomic E-state index is 12.1. The van der Waals surface area contributed by atoms with Crippen LogP contribution in [-0.2, 0) is 19.1 Å². The standard InChI is InChI=1S/C22H24N2O6/c1-15(23-20(25)12-9-16-7-5-4-6-8-16)22(27)30-14-21(26)24-18-13-17(28-2)10-11-19(18)29-3/h4-13,15H,14H2,1-3H3,(H,23,25)(H,24,26)/b12-9+/t15-/m0/s1. The zero-order valence-corrected chi connectivity index (χ0v) is 17.0. The summed E-state index contributed by atoms with van der Waals surface area (Å²) in [7, 11) is 2.97. The molecule has 30 heavy (non-hydrogen) atoms. The lowest BCUT2D eigenvalue weighted by Gasteiger charge is -2.14. The van der Waals surface area contributed by atoms with Crippen molar-refractivity contribution in [1.82, 2.24) is 5.32 Å². The van der Waals surface area contributed by atoms with Gasteiger partial charge >= 0.3 is 5.97 Å². The number of hydrogen-bond acceptors (Lipinski definition) is 6. The first-order chi connectivity index (χ1) is 14.4. The summed E-state index contributed by atoms with van der Waals surface area (Å²) < 4.78 is 15.3. The Morgan fingerprint density at radius 1 is 1.03 bits per heavy atom. The molecule has 0 aliphatic carbocycles. The Hall–Kier alpha value is -3.81. The van der Waals surface area contributed by atoms with Crippen molar-refractivity contribution >= 4 is 29.5 Å². The lowest BCUT2D eigenvalue weighted by molar-refractivity contribution is -0.149. The SMILES string of the molecule is COc1ccc(OC)c(NC(=O)COC(=O)[C@H](C)NC(=O)/C=C/c2ccccc2)c1. The molecule has 0 bridgehead atoms. The minimum Gasteiger partial charge on any atom is -0.497 e. The van der Waals surface area contributed by atoms with Crippen molar-refractivity contribution in [3.63, 3.8) is 0 Å². The Morgan fingerprint density at radius 2 is 1.77 bits per heavy atom. The summed E-state index contributed by atoms with van der Waals surface area (Å²) in [6, 6.07) is 13.3. The van der Waals surface area contributed by atoms with E-state index in [-0.39, 0.29) is 0 Å². The van der Waals surface area contributed by atoms with Crippen LogP contribution in [0.4, 0.5) is 5.69 Å². The number of benzene rings is 2. The Balaban J connectivity index is 1.82. The molecule has 0 saturated heterocycles. The summed E-state index contributed by atoms with van der Waals surface area (Å²) >= 11 is 0. The van der Waals surface area contributed by atoms with E-state index in [4.69, 9.17) is 14.2 Å². The summed E-state index contributed by atoms with van der Waals surface area (Å²) in [5.74, 6) is -0.778. The number of ether oxygens (including phenoxy) is 3. The molecule has 2 N–H and O–H groups in total. The van der Waals surface area contributed by atoms with E-state index in [1.165, 1.54) is 27.2 Å². The van der Waals surface area contributed by atoms with Crippen molar-refractivity contribution in [2.24, 2.45) is 0 Å². The van der Waals surface area contributed by atoms with Crippen LogP contribution in [0.1, 0.15) is 12.5 Å². The van der Waals surface area contributed by atoms with E-state index in [1.807, 2.05) is 30.3 Å². The van der Waals surface area contributed by atoms with Crippen LogP contribution in [0.15, 0.2) is 54.6 Å². The van der Waals surface area contributed by atoms with Gasteiger partial charge in [0.25, 0.3) is 5.91 Å². The number of esters is 1. The van der Waals surface area contributed by atoms with Gasteiger partial charge in [0.15, 0.2) is 6.61 Å². The molecule has 0 radical (unpaired) electrons. The molecule has 2 aromatic rings. The minimum absolute atomic E-state index is 0.380. The van der Waals surface area contributed by atoms with E-state index in [9.17, 15) is 14.4 Å². The van der Waals surface area contributed by atoms with Crippen LogP contribution >= 0.6 is 0 Å². The second-order valence-electron chi connectivity index (χ2n) is 6.20. The van der Waals surface area contributed by atoms with Gasteiger partial charge in [0.1, 0.15) is 17.5 Å². The topological polar surface area (TPSA) is 103 Å². The van der Waals surface area contributed by atoms with Gasteiger partial charge in [-0.3, -0.25) is 9.59 Å². The van der Waals surface area contributed by atoms with Crippen LogP contribution in [-0.4, -0.2) is 44.7 Å². The Morgan fingerprint density at radius 3 is 2.43 bits per heavy atom. The number of carbonyl (C=O) groups is 3. The highest BCUT2D eigenvalue weighted by Gasteiger charge is 2.18. The highest BCUT2D eigenvalue weighted by Crippen LogP contribution is 2.28. The molecule has 2 amide bonds. The van der Waals surface area contributed by atoms with Crippen molar-refractivity contribution < 1.29 is 28.6 Å². The lowest BCUT2D eigenvalue weighted by Crippen LogP contribution is -2.39. The highest BCUT2D eigenvalue weighted by molar-refractivity contribution is 5.96. The van der Waals surface area contributed by atoms with Crippen molar-refractivity contribution in [1.29, 1.82) is 0 Å². The average Bonchev–Trinajstić information content (AvgIpc) is 2.76. The van der Waals surface area contributed by atoms with Gasteiger partial charge in [-0.1, -0.05) is 30.3 Å². The molecule has 2 rings (SSSR count). The largest absolute Gasteiger partial charge is 0.497 e. The number of hydrogen-bond donors (Lipinski definition) is 2. The van der Waals surface area contributed by atoms with Crippen molar-refractivity contribution in [3.05, 3.63) is 60.2 Å². The maximum absolute atomic E-state index is 12.1. The molecule has 2 aromatic carbocycles. The summed E-state index contributed by atoms with van der Waals surface area (Å²) in [5.41, 5.74) is 1.23. The molecule has 0 heterocycles. The van der Waals surface area contributed by atoms with Crippen LogP contribution in [0.3, 0.4) is 0 Å². The second kappa shape index (κ2) is 11.3. The lowest BCUT2D eigenvalue weighted by atomic mass is 10.2. The average molecular weight is 412 g/mol. The molecular formula is C22H24N2O6. The van der Waals surface area contributed by atoms with E-state index in [0.29, 0.717) is 17.2 Å². The molecule has 1 atom stereocenters. The van der Waals surface area contributed by atoms with E-state index >= 15 is 0 Å². The van der Waals surface area contributed by atoms with E-state index < -0.39 is 30.4 Å². The van der Waals surface area contributed by atoms with Crippen LogP contribution in [0.25, 0.3) is 6.08 Å². The third kappa shape index (κ3) is 6.97. The molecule has 8 heteroatoms. The van der Waals surface area contributed by atoms with E-state index in [2.05, 4.69) is 10.6 Å². The third-order valence-electron chi connectivity index (χ3n) is 3.97. The van der Waals surface area contributed by atoms with Crippen molar-refractivity contribution in [2.45, 2.75) is 13.0 Å². The van der Waals surface area contributed by atoms with Gasteiger partial charge in [-0.25, -0.2) is 4.79 Å². The molecular weight excluding hydrogens is 388 g/mol. The molecule has 0 aliphatic heterocycles. The molecule has 0 aliphatic rings. The first kappa shape index (κ1) is 22.5. The number of methoxy groups -OCH3 is 2. The fourth-order valence-corrected chi connectivity index (χ4v) is 2.42. The zero-order valence-electron chi connectivity index (χ0n) is 17.0. The number of carbonyl (C=O) groups excluding carboxylic acids is 3. The van der Waals surface area contributed by atoms with Gasteiger partial charge in [-0.2, -0.15) is 0 Å². The van der Waals surface area contributed by atoms with Crippen LogP contribution < -0.4 is 20.1 Å². The van der Waals surface area contributed by atoms with Crippen molar-refractivity contribution in [3.8, 4) is 11.5 Å². The molecule has 0 aromatic heterocycles. The molecule has 8 nitrogen and oxygen atoms in total. The first-order valence-corrected chi connectivity index (χ1v) is 9.15. The Labute approximate surface area is 174 Å². The quantitative estimate of drug-likeness (QED) is 0.484. The number of rotatable bonds is 9. The summed E-state index contributed by atoms with van der Waals surface area (Å²) in [5, 5.41) is 5.08.